The molecule has 0 bridgehead atoms. The molecular formula is C63H48B2N4S2. The van der Waals surface area contributed by atoms with Gasteiger partial charge in [0.1, 0.15) is 0 Å². The molecule has 71 heavy (non-hydrogen) atoms. The number of fused-ring (bicyclic) bond motifs is 8. The Morgan fingerprint density at radius 1 is 0.423 bits per heavy atom. The van der Waals surface area contributed by atoms with Crippen LogP contribution in [0.15, 0.2) is 205 Å². The molecule has 14 rings (SSSR count). The Morgan fingerprint density at radius 3 is 1.49 bits per heavy atom. The Labute approximate surface area is 425 Å². The molecule has 0 atom stereocenters. The second-order valence-corrected chi connectivity index (χ2v) is 21.5. The number of thiophene rings is 1. The summed E-state index contributed by atoms with van der Waals surface area (Å²) in [6.45, 7) is 8.61. The topological polar surface area (TPSA) is 13.0 Å². The van der Waals surface area contributed by atoms with E-state index in [1.807, 2.05) is 23.1 Å². The highest BCUT2D eigenvalue weighted by molar-refractivity contribution is 7.98. The van der Waals surface area contributed by atoms with Gasteiger partial charge < -0.3 is 19.6 Å². The van der Waals surface area contributed by atoms with Crippen molar-refractivity contribution in [1.82, 2.24) is 0 Å². The molecule has 8 heteroatoms. The van der Waals surface area contributed by atoms with Crippen LogP contribution in [0.25, 0.3) is 15.6 Å². The molecule has 0 unspecified atom stereocenters. The van der Waals surface area contributed by atoms with E-state index in [1.54, 1.807) is 0 Å². The van der Waals surface area contributed by atoms with Crippen LogP contribution in [-0.2, 0) is 0 Å². The zero-order chi connectivity index (χ0) is 47.6. The van der Waals surface area contributed by atoms with E-state index in [0.29, 0.717) is 0 Å². The third-order valence-corrected chi connectivity index (χ3v) is 17.2. The monoisotopic (exact) mass is 946 g/mol. The van der Waals surface area contributed by atoms with Crippen LogP contribution in [0, 0.1) is 27.7 Å². The van der Waals surface area contributed by atoms with Gasteiger partial charge in [-0.25, -0.2) is 0 Å². The van der Waals surface area contributed by atoms with Gasteiger partial charge in [-0.15, -0.1) is 23.1 Å². The number of rotatable bonds is 6. The van der Waals surface area contributed by atoms with Gasteiger partial charge in [0.05, 0.1) is 5.69 Å². The van der Waals surface area contributed by atoms with Crippen molar-refractivity contribution >= 4 is 141 Å². The van der Waals surface area contributed by atoms with Crippen LogP contribution in [0.1, 0.15) is 27.8 Å². The normalized spacial score (nSPS) is 14.0. The largest absolute Gasteiger partial charge is 0.318 e. The lowest BCUT2D eigenvalue weighted by Gasteiger charge is -2.46. The molecule has 0 radical (unpaired) electrons. The lowest BCUT2D eigenvalue weighted by atomic mass is 9.30. The summed E-state index contributed by atoms with van der Waals surface area (Å²) in [6, 6.07) is 73.6. The van der Waals surface area contributed by atoms with Gasteiger partial charge >= 0.3 is 0 Å². The molecule has 5 heterocycles. The van der Waals surface area contributed by atoms with Crippen molar-refractivity contribution in [3.05, 3.63) is 228 Å². The first-order chi connectivity index (χ1) is 34.8. The fraction of sp³-hybridized carbons (Fsp3) is 0.0794. The third-order valence-electron chi connectivity index (χ3n) is 15.2. The maximum Gasteiger partial charge on any atom is 0.264 e. The molecule has 0 saturated heterocycles. The van der Waals surface area contributed by atoms with Gasteiger partial charge in [0.2, 0.25) is 0 Å². The van der Waals surface area contributed by atoms with E-state index in [-0.39, 0.29) is 13.4 Å². The Morgan fingerprint density at radius 2 is 0.901 bits per heavy atom. The molecule has 10 aromatic rings. The smallest absolute Gasteiger partial charge is 0.264 e. The highest BCUT2D eigenvalue weighted by Crippen LogP contribution is 2.51. The van der Waals surface area contributed by atoms with Crippen molar-refractivity contribution in [2.45, 2.75) is 32.6 Å². The van der Waals surface area contributed by atoms with Gasteiger partial charge in [0, 0.05) is 82.8 Å². The minimum absolute atomic E-state index is 0.0275. The third kappa shape index (κ3) is 6.40. The number of aryl methyl sites for hydroxylation is 4. The van der Waals surface area contributed by atoms with Crippen LogP contribution in [0.3, 0.4) is 0 Å². The van der Waals surface area contributed by atoms with E-state index < -0.39 is 0 Å². The van der Waals surface area contributed by atoms with Crippen LogP contribution >= 0.6 is 23.1 Å². The standard InChI is InChI=1S/C63H48B2N4S2/c1-39-20-28-43(29-21-39)66-38-51(47-12-6-8-18-58(47)70-5)64-49-36-50-57(37-56(49)67(44-30-22-40(2)23-31-44)53-15-10-14-52(66)60(53)64)68(45-32-24-41(3)25-33-45)54-16-11-17-55-61(54)65(50)63-62(48-13-7-9-19-59(48)71-63)69(55)46-34-26-42(4)27-35-46/h6-38H,1-5H3. The Bertz CT molecular complexity index is 3830. The lowest BCUT2D eigenvalue weighted by Crippen LogP contribution is -2.62. The SMILES string of the molecule is CSc1ccccc1C1=CN(c2ccc(C)cc2)c2cccc3c2B1c1cc2c(cc1N3c1ccc(C)cc1)N(c1ccc(C)cc1)c1cccc3c1B2c1sc2ccccc2c1N3c1ccc(C)cc1. The summed E-state index contributed by atoms with van der Waals surface area (Å²) >= 11 is 3.78. The average molecular weight is 947 g/mol. The second-order valence-electron chi connectivity index (χ2n) is 19.6. The van der Waals surface area contributed by atoms with Crippen LogP contribution < -0.4 is 46.2 Å². The van der Waals surface area contributed by atoms with Gasteiger partial charge in [-0.2, -0.15) is 0 Å². The molecule has 0 saturated carbocycles. The summed E-state index contributed by atoms with van der Waals surface area (Å²) in [5, 5.41) is 1.29. The quantitative estimate of drug-likeness (QED) is 0.121. The molecule has 4 aliphatic heterocycles. The van der Waals surface area contributed by atoms with Crippen LogP contribution in [0.5, 0.6) is 0 Å². The van der Waals surface area contributed by atoms with Crippen molar-refractivity contribution in [1.29, 1.82) is 0 Å². The van der Waals surface area contributed by atoms with E-state index in [2.05, 4.69) is 254 Å². The maximum absolute atomic E-state index is 2.65. The number of benzene rings is 9. The van der Waals surface area contributed by atoms with E-state index in [1.165, 1.54) is 120 Å². The molecule has 0 amide bonds. The van der Waals surface area contributed by atoms with Gasteiger partial charge in [-0.3, -0.25) is 0 Å². The van der Waals surface area contributed by atoms with Crippen LogP contribution in [0.4, 0.5) is 62.6 Å². The fourth-order valence-corrected chi connectivity index (χ4v) is 13.8. The second kappa shape index (κ2) is 16.2. The van der Waals surface area contributed by atoms with Crippen molar-refractivity contribution in [2.75, 3.05) is 25.9 Å². The minimum atomic E-state index is -0.0720. The summed E-state index contributed by atoms with van der Waals surface area (Å²) in [5.41, 5.74) is 26.0. The number of hydrogen-bond donors (Lipinski definition) is 0. The predicted octanol–water partition coefficient (Wildman–Crippen LogP) is 14.1. The number of thioether (sulfide) groups is 1. The fourth-order valence-electron chi connectivity index (χ4n) is 11.9. The number of anilines is 11. The van der Waals surface area contributed by atoms with Gasteiger partial charge in [0.25, 0.3) is 13.4 Å². The number of nitrogens with zero attached hydrogens (tertiary/aromatic N) is 4. The molecule has 9 aromatic carbocycles. The van der Waals surface area contributed by atoms with Crippen molar-refractivity contribution < 1.29 is 0 Å². The summed E-state index contributed by atoms with van der Waals surface area (Å²) in [4.78, 5) is 11.4. The highest BCUT2D eigenvalue weighted by Gasteiger charge is 2.49. The van der Waals surface area contributed by atoms with Gasteiger partial charge in [-0.1, -0.05) is 125 Å². The van der Waals surface area contributed by atoms with E-state index in [9.17, 15) is 0 Å². The molecule has 0 spiro atoms. The van der Waals surface area contributed by atoms with Crippen molar-refractivity contribution in [3.8, 4) is 0 Å². The van der Waals surface area contributed by atoms with Gasteiger partial charge in [0.15, 0.2) is 0 Å². The molecule has 1 aromatic heterocycles. The first-order valence-corrected chi connectivity index (χ1v) is 26.6. The van der Waals surface area contributed by atoms with Crippen molar-refractivity contribution in [2.24, 2.45) is 0 Å². The first-order valence-electron chi connectivity index (χ1n) is 24.6. The molecule has 4 aliphatic rings. The first kappa shape index (κ1) is 42.3. The predicted molar refractivity (Wildman–Crippen MR) is 309 cm³/mol. The van der Waals surface area contributed by atoms with E-state index >= 15 is 0 Å². The minimum Gasteiger partial charge on any atom is -0.318 e. The molecule has 0 aliphatic carbocycles. The van der Waals surface area contributed by atoms with E-state index in [0.717, 1.165) is 17.1 Å². The van der Waals surface area contributed by atoms with Crippen LogP contribution in [-0.4, -0.2) is 19.7 Å². The van der Waals surface area contributed by atoms with Crippen LogP contribution in [0.2, 0.25) is 0 Å². The Balaban J connectivity index is 1.11. The Hall–Kier alpha value is -7.64. The number of hydrogen-bond acceptors (Lipinski definition) is 6. The highest BCUT2D eigenvalue weighted by atomic mass is 32.2. The molecule has 338 valence electrons. The van der Waals surface area contributed by atoms with Gasteiger partial charge in [-0.05, 0) is 158 Å². The molecular weight excluding hydrogens is 898 g/mol. The Kier molecular flexibility index (Phi) is 9.65. The van der Waals surface area contributed by atoms with E-state index in [4.69, 9.17) is 0 Å². The maximum atomic E-state index is 2.65. The zero-order valence-corrected chi connectivity index (χ0v) is 41.9. The summed E-state index contributed by atoms with van der Waals surface area (Å²) < 4.78 is 2.68. The lowest BCUT2D eigenvalue weighted by molar-refractivity contribution is 1.23. The summed E-state index contributed by atoms with van der Waals surface area (Å²) in [5.74, 6) is 0. The molecule has 4 nitrogen and oxygen atoms in total. The molecule has 0 N–H and O–H groups in total. The molecule has 0 fully saturated rings. The summed E-state index contributed by atoms with van der Waals surface area (Å²) in [6.07, 6.45) is 4.67. The summed E-state index contributed by atoms with van der Waals surface area (Å²) in [7, 11) is 0. The average Bonchev–Trinajstić information content (AvgIpc) is 3.79. The zero-order valence-electron chi connectivity index (χ0n) is 40.3. The van der Waals surface area contributed by atoms with Crippen molar-refractivity contribution in [3.63, 3.8) is 0 Å².